The molecule has 1 aromatic rings. The molecule has 114 valence electrons. The van der Waals surface area contributed by atoms with E-state index in [0.29, 0.717) is 0 Å². The molecule has 1 aromatic carbocycles. The lowest BCUT2D eigenvalue weighted by atomic mass is 9.79. The molecule has 1 saturated carbocycles. The van der Waals surface area contributed by atoms with E-state index in [2.05, 4.69) is 29.6 Å². The van der Waals surface area contributed by atoms with Crippen LogP contribution in [0.2, 0.25) is 0 Å². The number of hydrogen-bond acceptors (Lipinski definition) is 2. The van der Waals surface area contributed by atoms with Gasteiger partial charge in [-0.15, -0.1) is 0 Å². The molecule has 0 spiro atoms. The van der Waals surface area contributed by atoms with Crippen molar-refractivity contribution in [3.8, 4) is 0 Å². The van der Waals surface area contributed by atoms with Crippen molar-refractivity contribution in [3.63, 3.8) is 0 Å². The van der Waals surface area contributed by atoms with Crippen LogP contribution in [0.4, 0.5) is 0 Å². The van der Waals surface area contributed by atoms with E-state index in [1.54, 1.807) is 0 Å². The Hall–Kier alpha value is -1.35. The van der Waals surface area contributed by atoms with E-state index in [1.807, 2.05) is 6.07 Å². The van der Waals surface area contributed by atoms with E-state index < -0.39 is 0 Å². The van der Waals surface area contributed by atoms with Gasteiger partial charge in [0.05, 0.1) is 6.04 Å². The highest BCUT2D eigenvalue weighted by Gasteiger charge is 2.27. The van der Waals surface area contributed by atoms with Crippen LogP contribution in [0.25, 0.3) is 0 Å². The lowest BCUT2D eigenvalue weighted by Crippen LogP contribution is -2.37. The van der Waals surface area contributed by atoms with E-state index >= 15 is 0 Å². The highest BCUT2D eigenvalue weighted by molar-refractivity contribution is 5.79. The highest BCUT2D eigenvalue weighted by Crippen LogP contribution is 2.35. The van der Waals surface area contributed by atoms with Gasteiger partial charge in [0.1, 0.15) is 0 Å². The minimum absolute atomic E-state index is 0.131. The Kier molecular flexibility index (Phi) is 4.91. The maximum Gasteiger partial charge on any atom is 0.223 e. The fourth-order valence-electron chi connectivity index (χ4n) is 3.27. The van der Waals surface area contributed by atoms with Gasteiger partial charge < -0.3 is 10.1 Å². The van der Waals surface area contributed by atoms with Crippen LogP contribution < -0.4 is 5.32 Å². The molecule has 0 aromatic heterocycles. The average Bonchev–Trinajstić information content (AvgIpc) is 2.51. The van der Waals surface area contributed by atoms with Crippen LogP contribution in [-0.2, 0) is 9.53 Å². The summed E-state index contributed by atoms with van der Waals surface area (Å²) in [4.78, 5) is 12.5. The maximum absolute atomic E-state index is 12.5. The maximum atomic E-state index is 12.5. The standard InChI is InChI=1S/C18H25NO2/c20-18(16-9-11-21-12-10-16)19-17(13-14-5-4-6-14)15-7-2-1-3-8-15/h1-3,7-8,14,16-17H,4-6,9-13H2,(H,19,20)/t17-/m0/s1. The summed E-state index contributed by atoms with van der Waals surface area (Å²) in [7, 11) is 0. The first-order valence-corrected chi connectivity index (χ1v) is 8.26. The molecule has 1 saturated heterocycles. The Morgan fingerprint density at radius 3 is 2.48 bits per heavy atom. The van der Waals surface area contributed by atoms with Crippen LogP contribution in [-0.4, -0.2) is 19.1 Å². The second-order valence-electron chi connectivity index (χ2n) is 6.39. The van der Waals surface area contributed by atoms with Gasteiger partial charge in [-0.3, -0.25) is 4.79 Å². The molecule has 2 fully saturated rings. The Bertz CT molecular complexity index is 450. The summed E-state index contributed by atoms with van der Waals surface area (Å²) in [5.74, 6) is 1.13. The molecular weight excluding hydrogens is 262 g/mol. The first-order valence-electron chi connectivity index (χ1n) is 8.26. The Morgan fingerprint density at radius 1 is 1.14 bits per heavy atom. The van der Waals surface area contributed by atoms with Crippen molar-refractivity contribution < 1.29 is 9.53 Å². The number of ether oxygens (including phenoxy) is 1. The second-order valence-corrected chi connectivity index (χ2v) is 6.39. The van der Waals surface area contributed by atoms with E-state index in [1.165, 1.54) is 24.8 Å². The third-order valence-electron chi connectivity index (χ3n) is 4.90. The van der Waals surface area contributed by atoms with Crippen LogP contribution in [0.5, 0.6) is 0 Å². The first-order chi connectivity index (χ1) is 10.3. The molecule has 1 aliphatic carbocycles. The van der Waals surface area contributed by atoms with Gasteiger partial charge in [-0.05, 0) is 30.7 Å². The molecule has 1 aliphatic heterocycles. The number of rotatable bonds is 5. The molecular formula is C18H25NO2. The molecule has 0 bridgehead atoms. The SMILES string of the molecule is O=C(N[C@@H](CC1CCC1)c1ccccc1)C1CCOCC1. The van der Waals surface area contributed by atoms with Gasteiger partial charge in [-0.1, -0.05) is 49.6 Å². The predicted molar refractivity (Wildman–Crippen MR) is 82.8 cm³/mol. The quantitative estimate of drug-likeness (QED) is 0.900. The van der Waals surface area contributed by atoms with E-state index in [4.69, 9.17) is 4.74 Å². The summed E-state index contributed by atoms with van der Waals surface area (Å²) in [6.07, 6.45) is 6.78. The summed E-state index contributed by atoms with van der Waals surface area (Å²) in [6, 6.07) is 10.6. The van der Waals surface area contributed by atoms with Crippen LogP contribution in [0, 0.1) is 11.8 Å². The van der Waals surface area contributed by atoms with Crippen molar-refractivity contribution in [3.05, 3.63) is 35.9 Å². The van der Waals surface area contributed by atoms with Crippen molar-refractivity contribution in [1.82, 2.24) is 5.32 Å². The highest BCUT2D eigenvalue weighted by atomic mass is 16.5. The number of hydrogen-bond donors (Lipinski definition) is 1. The number of carbonyl (C=O) groups excluding carboxylic acids is 1. The lowest BCUT2D eigenvalue weighted by molar-refractivity contribution is -0.128. The molecule has 1 amide bonds. The van der Waals surface area contributed by atoms with E-state index in [0.717, 1.165) is 38.4 Å². The van der Waals surface area contributed by atoms with Gasteiger partial charge in [0.15, 0.2) is 0 Å². The number of carbonyl (C=O) groups is 1. The predicted octanol–water partition coefficient (Wildman–Crippen LogP) is 3.46. The Balaban J connectivity index is 1.64. The summed E-state index contributed by atoms with van der Waals surface area (Å²) in [6.45, 7) is 1.44. The van der Waals surface area contributed by atoms with E-state index in [9.17, 15) is 4.79 Å². The van der Waals surface area contributed by atoms with E-state index in [-0.39, 0.29) is 17.9 Å². The summed E-state index contributed by atoms with van der Waals surface area (Å²) in [5, 5.41) is 3.31. The summed E-state index contributed by atoms with van der Waals surface area (Å²) >= 11 is 0. The monoisotopic (exact) mass is 287 g/mol. The Morgan fingerprint density at radius 2 is 1.86 bits per heavy atom. The molecule has 1 heterocycles. The van der Waals surface area contributed by atoms with Crippen molar-refractivity contribution in [2.45, 2.75) is 44.6 Å². The zero-order valence-corrected chi connectivity index (χ0v) is 12.6. The smallest absolute Gasteiger partial charge is 0.223 e. The second kappa shape index (κ2) is 7.08. The minimum Gasteiger partial charge on any atom is -0.381 e. The minimum atomic E-state index is 0.131. The van der Waals surface area contributed by atoms with Crippen LogP contribution in [0.15, 0.2) is 30.3 Å². The normalized spacial score (nSPS) is 21.5. The van der Waals surface area contributed by atoms with Gasteiger partial charge in [0, 0.05) is 19.1 Å². The summed E-state index contributed by atoms with van der Waals surface area (Å²) in [5.41, 5.74) is 1.24. The molecule has 3 heteroatoms. The molecule has 3 rings (SSSR count). The van der Waals surface area contributed by atoms with Gasteiger partial charge in [0.2, 0.25) is 5.91 Å². The fourth-order valence-corrected chi connectivity index (χ4v) is 3.27. The molecule has 1 atom stereocenters. The number of nitrogens with one attached hydrogen (secondary N) is 1. The van der Waals surface area contributed by atoms with Crippen molar-refractivity contribution >= 4 is 5.91 Å². The van der Waals surface area contributed by atoms with Crippen molar-refractivity contribution in [2.24, 2.45) is 11.8 Å². The van der Waals surface area contributed by atoms with Gasteiger partial charge in [-0.2, -0.15) is 0 Å². The van der Waals surface area contributed by atoms with Crippen LogP contribution in [0.3, 0.4) is 0 Å². The molecule has 2 aliphatic rings. The van der Waals surface area contributed by atoms with Crippen molar-refractivity contribution in [1.29, 1.82) is 0 Å². The van der Waals surface area contributed by atoms with Crippen molar-refractivity contribution in [2.75, 3.05) is 13.2 Å². The average molecular weight is 287 g/mol. The largest absolute Gasteiger partial charge is 0.381 e. The van der Waals surface area contributed by atoms with Gasteiger partial charge in [0.25, 0.3) is 0 Å². The zero-order valence-electron chi connectivity index (χ0n) is 12.6. The number of benzene rings is 1. The Labute approximate surface area is 127 Å². The zero-order chi connectivity index (χ0) is 14.5. The first kappa shape index (κ1) is 14.6. The molecule has 21 heavy (non-hydrogen) atoms. The third-order valence-corrected chi connectivity index (χ3v) is 4.90. The molecule has 3 nitrogen and oxygen atoms in total. The topological polar surface area (TPSA) is 38.3 Å². The molecule has 0 unspecified atom stereocenters. The van der Waals surface area contributed by atoms with Gasteiger partial charge >= 0.3 is 0 Å². The third kappa shape index (κ3) is 3.85. The van der Waals surface area contributed by atoms with Gasteiger partial charge in [-0.25, -0.2) is 0 Å². The lowest BCUT2D eigenvalue weighted by Gasteiger charge is -2.31. The molecule has 1 N–H and O–H groups in total. The van der Waals surface area contributed by atoms with Crippen LogP contribution >= 0.6 is 0 Å². The summed E-state index contributed by atoms with van der Waals surface area (Å²) < 4.78 is 5.35. The fraction of sp³-hybridized carbons (Fsp3) is 0.611. The van der Waals surface area contributed by atoms with Crippen LogP contribution in [0.1, 0.15) is 50.1 Å². The molecule has 0 radical (unpaired) electrons. The number of amides is 1.